The van der Waals surface area contributed by atoms with Crippen molar-refractivity contribution in [3.05, 3.63) is 36.4 Å². The number of hydrogen-bond acceptors (Lipinski definition) is 7. The average Bonchev–Trinajstić information content (AvgIpc) is 3.30. The van der Waals surface area contributed by atoms with E-state index >= 15 is 0 Å². The van der Waals surface area contributed by atoms with Gasteiger partial charge in [-0.1, -0.05) is 6.07 Å². The minimum Gasteiger partial charge on any atom is -0.497 e. The quantitative estimate of drug-likeness (QED) is 0.653. The van der Waals surface area contributed by atoms with E-state index in [4.69, 9.17) is 4.74 Å². The number of nitrogens with zero attached hydrogens (tertiary/aromatic N) is 6. The Morgan fingerprint density at radius 2 is 1.77 bits per heavy atom. The molecular weight excluding hydrogens is 444 g/mol. The fourth-order valence-corrected chi connectivity index (χ4v) is 5.39. The first-order valence-electron chi connectivity index (χ1n) is 12.6. The topological polar surface area (TPSA) is 82.1 Å². The van der Waals surface area contributed by atoms with Crippen molar-refractivity contribution in [2.24, 2.45) is 5.92 Å². The number of hydrogen-bond donors (Lipinski definition) is 0. The standard InChI is InChI=1S/C26H34N6O3/c1-19-6-3-4-11-31(19)24-10-9-23(27-28-24)29-12-14-30(15-13-29)26(34)20-16-25(33)32(18-20)21-7-5-8-22(17-21)35-2/h5,7-10,17,19-20H,3-4,6,11-16,18H2,1-2H3. The lowest BCUT2D eigenvalue weighted by Crippen LogP contribution is -2.51. The molecule has 9 nitrogen and oxygen atoms in total. The fraction of sp³-hybridized carbons (Fsp3) is 0.538. The molecule has 2 atom stereocenters. The first kappa shape index (κ1) is 23.4. The molecule has 0 spiro atoms. The van der Waals surface area contributed by atoms with Crippen LogP contribution in [0.4, 0.5) is 17.3 Å². The van der Waals surface area contributed by atoms with Gasteiger partial charge in [-0.25, -0.2) is 0 Å². The van der Waals surface area contributed by atoms with Crippen molar-refractivity contribution in [2.45, 2.75) is 38.6 Å². The summed E-state index contributed by atoms with van der Waals surface area (Å²) in [5.41, 5.74) is 0.774. The van der Waals surface area contributed by atoms with Crippen LogP contribution in [0.15, 0.2) is 36.4 Å². The van der Waals surface area contributed by atoms with Crippen LogP contribution in [0, 0.1) is 5.92 Å². The number of ether oxygens (including phenoxy) is 1. The maximum atomic E-state index is 13.2. The number of carbonyl (C=O) groups excluding carboxylic acids is 2. The van der Waals surface area contributed by atoms with E-state index in [9.17, 15) is 9.59 Å². The zero-order chi connectivity index (χ0) is 24.4. The predicted octanol–water partition coefficient (Wildman–Crippen LogP) is 2.57. The largest absolute Gasteiger partial charge is 0.497 e. The van der Waals surface area contributed by atoms with E-state index in [2.05, 4.69) is 33.0 Å². The number of methoxy groups -OCH3 is 1. The van der Waals surface area contributed by atoms with E-state index in [1.54, 1.807) is 12.0 Å². The van der Waals surface area contributed by atoms with E-state index in [1.807, 2.05) is 35.2 Å². The highest BCUT2D eigenvalue weighted by atomic mass is 16.5. The SMILES string of the molecule is COc1cccc(N2CC(C(=O)N3CCN(c4ccc(N5CCCCC5C)nn4)CC3)CC2=O)c1. The summed E-state index contributed by atoms with van der Waals surface area (Å²) in [4.78, 5) is 34.0. The molecule has 0 N–H and O–H groups in total. The third-order valence-corrected chi connectivity index (χ3v) is 7.49. The van der Waals surface area contributed by atoms with Crippen LogP contribution in [0.25, 0.3) is 0 Å². The number of benzene rings is 1. The molecule has 186 valence electrons. The zero-order valence-corrected chi connectivity index (χ0v) is 20.6. The summed E-state index contributed by atoms with van der Waals surface area (Å²) in [5.74, 6) is 2.22. The number of rotatable bonds is 5. The Morgan fingerprint density at radius 1 is 1.00 bits per heavy atom. The van der Waals surface area contributed by atoms with E-state index in [1.165, 1.54) is 19.3 Å². The van der Waals surface area contributed by atoms with Gasteiger partial charge in [0.1, 0.15) is 5.75 Å². The lowest BCUT2D eigenvalue weighted by molar-refractivity contribution is -0.136. The van der Waals surface area contributed by atoms with Crippen LogP contribution in [0.3, 0.4) is 0 Å². The van der Waals surface area contributed by atoms with Crippen molar-refractivity contribution < 1.29 is 14.3 Å². The molecule has 0 bridgehead atoms. The number of piperazine rings is 1. The summed E-state index contributed by atoms with van der Waals surface area (Å²) < 4.78 is 5.28. The van der Waals surface area contributed by atoms with Crippen LogP contribution < -0.4 is 19.4 Å². The molecule has 3 aliphatic heterocycles. The third kappa shape index (κ3) is 4.90. The zero-order valence-electron chi connectivity index (χ0n) is 20.6. The minimum atomic E-state index is -0.314. The summed E-state index contributed by atoms with van der Waals surface area (Å²) in [5, 5.41) is 9.00. The Balaban J connectivity index is 1.16. The molecule has 3 fully saturated rings. The van der Waals surface area contributed by atoms with Gasteiger partial charge >= 0.3 is 0 Å². The first-order valence-corrected chi connectivity index (χ1v) is 12.6. The van der Waals surface area contributed by atoms with Gasteiger partial charge in [-0.3, -0.25) is 9.59 Å². The Hall–Kier alpha value is -3.36. The van der Waals surface area contributed by atoms with E-state index < -0.39 is 0 Å². The van der Waals surface area contributed by atoms with Crippen molar-refractivity contribution in [1.82, 2.24) is 15.1 Å². The van der Waals surface area contributed by atoms with Crippen LogP contribution in [0.1, 0.15) is 32.6 Å². The fourth-order valence-electron chi connectivity index (χ4n) is 5.39. The number of anilines is 3. The highest BCUT2D eigenvalue weighted by molar-refractivity contribution is 6.00. The van der Waals surface area contributed by atoms with Gasteiger partial charge in [0.15, 0.2) is 11.6 Å². The van der Waals surface area contributed by atoms with Crippen LogP contribution in [0.2, 0.25) is 0 Å². The summed E-state index contributed by atoms with van der Waals surface area (Å²) in [6, 6.07) is 12.0. The molecule has 5 rings (SSSR count). The summed E-state index contributed by atoms with van der Waals surface area (Å²) >= 11 is 0. The smallest absolute Gasteiger partial charge is 0.228 e. The molecule has 1 aromatic heterocycles. The molecule has 3 saturated heterocycles. The number of aromatic nitrogens is 2. The molecule has 1 aromatic carbocycles. The monoisotopic (exact) mass is 478 g/mol. The molecule has 2 aromatic rings. The van der Waals surface area contributed by atoms with Gasteiger partial charge in [-0.15, -0.1) is 10.2 Å². The first-order chi connectivity index (χ1) is 17.0. The number of carbonyl (C=O) groups is 2. The third-order valence-electron chi connectivity index (χ3n) is 7.49. The Kier molecular flexibility index (Phi) is 6.74. The Labute approximate surface area is 206 Å². The van der Waals surface area contributed by atoms with E-state index in [0.29, 0.717) is 44.5 Å². The van der Waals surface area contributed by atoms with Crippen LogP contribution >= 0.6 is 0 Å². The Morgan fingerprint density at radius 3 is 2.49 bits per heavy atom. The lowest BCUT2D eigenvalue weighted by atomic mass is 10.0. The summed E-state index contributed by atoms with van der Waals surface area (Å²) in [7, 11) is 1.60. The van der Waals surface area contributed by atoms with Crippen LogP contribution in [0.5, 0.6) is 5.75 Å². The maximum Gasteiger partial charge on any atom is 0.228 e. The second-order valence-electron chi connectivity index (χ2n) is 9.71. The molecule has 3 aliphatic rings. The highest BCUT2D eigenvalue weighted by Gasteiger charge is 2.38. The lowest BCUT2D eigenvalue weighted by Gasteiger charge is -2.37. The van der Waals surface area contributed by atoms with E-state index in [-0.39, 0.29) is 24.2 Å². The molecule has 0 saturated carbocycles. The van der Waals surface area contributed by atoms with Crippen molar-refractivity contribution in [3.63, 3.8) is 0 Å². The predicted molar refractivity (Wildman–Crippen MR) is 135 cm³/mol. The van der Waals surface area contributed by atoms with Crippen molar-refractivity contribution in [2.75, 3.05) is 61.1 Å². The molecule has 4 heterocycles. The van der Waals surface area contributed by atoms with Gasteiger partial charge < -0.3 is 24.3 Å². The minimum absolute atomic E-state index is 0.0198. The summed E-state index contributed by atoms with van der Waals surface area (Å²) in [6.07, 6.45) is 3.93. The van der Waals surface area contributed by atoms with Crippen LogP contribution in [-0.2, 0) is 9.59 Å². The molecule has 9 heteroatoms. The van der Waals surface area contributed by atoms with Crippen molar-refractivity contribution >= 4 is 29.1 Å². The molecular formula is C26H34N6O3. The van der Waals surface area contributed by atoms with Gasteiger partial charge in [0, 0.05) is 63.5 Å². The molecule has 0 aliphatic carbocycles. The molecule has 2 unspecified atom stereocenters. The van der Waals surface area contributed by atoms with Crippen molar-refractivity contribution in [1.29, 1.82) is 0 Å². The maximum absolute atomic E-state index is 13.2. The molecule has 0 radical (unpaired) electrons. The van der Waals surface area contributed by atoms with Gasteiger partial charge in [-0.2, -0.15) is 0 Å². The van der Waals surface area contributed by atoms with Crippen molar-refractivity contribution in [3.8, 4) is 5.75 Å². The second kappa shape index (κ2) is 10.1. The number of amides is 2. The average molecular weight is 479 g/mol. The normalized spacial score (nSPS) is 23.1. The summed E-state index contributed by atoms with van der Waals surface area (Å²) in [6.45, 7) is 6.35. The molecule has 35 heavy (non-hydrogen) atoms. The number of piperidine rings is 1. The van der Waals surface area contributed by atoms with E-state index in [0.717, 1.165) is 23.9 Å². The van der Waals surface area contributed by atoms with Gasteiger partial charge in [0.25, 0.3) is 0 Å². The van der Waals surface area contributed by atoms with Gasteiger partial charge in [0.2, 0.25) is 11.8 Å². The second-order valence-corrected chi connectivity index (χ2v) is 9.71. The Bertz CT molecular complexity index is 1050. The molecule has 2 amide bonds. The highest BCUT2D eigenvalue weighted by Crippen LogP contribution is 2.29. The van der Waals surface area contributed by atoms with Crippen LogP contribution in [-0.4, -0.2) is 79.3 Å². The van der Waals surface area contributed by atoms with Gasteiger partial charge in [-0.05, 0) is 50.5 Å². The van der Waals surface area contributed by atoms with Gasteiger partial charge in [0.05, 0.1) is 13.0 Å².